The zero-order chi connectivity index (χ0) is 21.7. The SMILES string of the molecule is CC(C)(C)OC(=O)N1CCN(C(=O)c2ccc(Br)cc2)C(COc2cccnc2)C1. The average Bonchev–Trinajstić information content (AvgIpc) is 2.71. The fourth-order valence-corrected chi connectivity index (χ4v) is 3.41. The Labute approximate surface area is 185 Å². The monoisotopic (exact) mass is 475 g/mol. The minimum absolute atomic E-state index is 0.0916. The Bertz CT molecular complexity index is 868. The number of hydrogen-bond donors (Lipinski definition) is 0. The van der Waals surface area contributed by atoms with Gasteiger partial charge in [-0.05, 0) is 57.2 Å². The first-order valence-electron chi connectivity index (χ1n) is 9.80. The Morgan fingerprint density at radius 2 is 1.90 bits per heavy atom. The number of carbonyl (C=O) groups is 2. The molecule has 1 unspecified atom stereocenters. The summed E-state index contributed by atoms with van der Waals surface area (Å²) in [6, 6.07) is 10.5. The van der Waals surface area contributed by atoms with E-state index < -0.39 is 5.60 Å². The van der Waals surface area contributed by atoms with Crippen molar-refractivity contribution >= 4 is 27.9 Å². The number of nitrogens with zero attached hydrogens (tertiary/aromatic N) is 3. The van der Waals surface area contributed by atoms with E-state index in [0.717, 1.165) is 4.47 Å². The van der Waals surface area contributed by atoms with Crippen LogP contribution in [0.5, 0.6) is 5.75 Å². The molecule has 0 radical (unpaired) electrons. The molecule has 1 aromatic heterocycles. The Morgan fingerprint density at radius 3 is 2.53 bits per heavy atom. The first kappa shape index (κ1) is 22.1. The molecule has 1 atom stereocenters. The molecule has 7 nitrogen and oxygen atoms in total. The van der Waals surface area contributed by atoms with Crippen molar-refractivity contribution in [1.82, 2.24) is 14.8 Å². The number of aromatic nitrogens is 1. The lowest BCUT2D eigenvalue weighted by molar-refractivity contribution is -0.000947. The third-order valence-electron chi connectivity index (χ3n) is 4.56. The highest BCUT2D eigenvalue weighted by Gasteiger charge is 2.35. The third-order valence-corrected chi connectivity index (χ3v) is 5.09. The van der Waals surface area contributed by atoms with Crippen molar-refractivity contribution < 1.29 is 19.1 Å². The van der Waals surface area contributed by atoms with Crippen LogP contribution < -0.4 is 4.74 Å². The molecule has 0 bridgehead atoms. The van der Waals surface area contributed by atoms with Gasteiger partial charge in [0.05, 0.1) is 12.2 Å². The van der Waals surface area contributed by atoms with Gasteiger partial charge in [0.1, 0.15) is 18.0 Å². The summed E-state index contributed by atoms with van der Waals surface area (Å²) in [7, 11) is 0. The van der Waals surface area contributed by atoms with Crippen LogP contribution in [0.4, 0.5) is 4.79 Å². The Morgan fingerprint density at radius 1 is 1.17 bits per heavy atom. The molecule has 1 aromatic carbocycles. The predicted octanol–water partition coefficient (Wildman–Crippen LogP) is 3.98. The van der Waals surface area contributed by atoms with Gasteiger partial charge in [-0.2, -0.15) is 0 Å². The maximum absolute atomic E-state index is 13.1. The summed E-state index contributed by atoms with van der Waals surface area (Å²) in [4.78, 5) is 33.2. The van der Waals surface area contributed by atoms with E-state index in [9.17, 15) is 9.59 Å². The summed E-state index contributed by atoms with van der Waals surface area (Å²) in [5, 5.41) is 0. The summed E-state index contributed by atoms with van der Waals surface area (Å²) in [6.45, 7) is 6.88. The second-order valence-corrected chi connectivity index (χ2v) is 9.00. The van der Waals surface area contributed by atoms with Gasteiger partial charge >= 0.3 is 6.09 Å². The summed E-state index contributed by atoms with van der Waals surface area (Å²) in [6.07, 6.45) is 2.90. The lowest BCUT2D eigenvalue weighted by atomic mass is 10.1. The smallest absolute Gasteiger partial charge is 0.410 e. The second-order valence-electron chi connectivity index (χ2n) is 8.09. The number of halogens is 1. The Kier molecular flexibility index (Phi) is 6.97. The number of hydrogen-bond acceptors (Lipinski definition) is 5. The fourth-order valence-electron chi connectivity index (χ4n) is 3.14. The van der Waals surface area contributed by atoms with Crippen LogP contribution in [0.3, 0.4) is 0 Å². The van der Waals surface area contributed by atoms with Crippen LogP contribution in [0, 0.1) is 0 Å². The molecule has 3 rings (SSSR count). The number of piperazine rings is 1. The molecule has 0 spiro atoms. The molecular formula is C22H26BrN3O4. The van der Waals surface area contributed by atoms with Gasteiger partial charge in [0, 0.05) is 35.9 Å². The molecule has 2 heterocycles. The minimum Gasteiger partial charge on any atom is -0.490 e. The van der Waals surface area contributed by atoms with Crippen LogP contribution >= 0.6 is 15.9 Å². The van der Waals surface area contributed by atoms with Crippen molar-refractivity contribution in [3.63, 3.8) is 0 Å². The van der Waals surface area contributed by atoms with Crippen LogP contribution in [-0.2, 0) is 4.74 Å². The van der Waals surface area contributed by atoms with E-state index in [4.69, 9.17) is 9.47 Å². The van der Waals surface area contributed by atoms with Gasteiger partial charge in [0.15, 0.2) is 0 Å². The van der Waals surface area contributed by atoms with E-state index in [2.05, 4.69) is 20.9 Å². The van der Waals surface area contributed by atoms with E-state index in [0.29, 0.717) is 30.9 Å². The van der Waals surface area contributed by atoms with Crippen LogP contribution in [-0.4, -0.2) is 64.7 Å². The standard InChI is InChI=1S/C22H26BrN3O4/c1-22(2,3)30-21(28)25-11-12-26(20(27)16-6-8-17(23)9-7-16)18(14-25)15-29-19-5-4-10-24-13-19/h4-10,13,18H,11-12,14-15H2,1-3H3. The van der Waals surface area contributed by atoms with Gasteiger partial charge in [0.2, 0.25) is 0 Å². The van der Waals surface area contributed by atoms with Gasteiger partial charge < -0.3 is 19.3 Å². The first-order valence-corrected chi connectivity index (χ1v) is 10.6. The molecule has 1 aliphatic heterocycles. The molecule has 1 saturated heterocycles. The van der Waals surface area contributed by atoms with Crippen molar-refractivity contribution in [2.45, 2.75) is 32.4 Å². The van der Waals surface area contributed by atoms with Gasteiger partial charge in [-0.3, -0.25) is 9.78 Å². The molecule has 0 aliphatic carbocycles. The molecule has 160 valence electrons. The number of carbonyl (C=O) groups excluding carboxylic acids is 2. The lowest BCUT2D eigenvalue weighted by Gasteiger charge is -2.41. The fraction of sp³-hybridized carbons (Fsp3) is 0.409. The normalized spacial score (nSPS) is 16.9. The molecule has 1 fully saturated rings. The second kappa shape index (κ2) is 9.47. The van der Waals surface area contributed by atoms with Crippen LogP contribution in [0.15, 0.2) is 53.3 Å². The highest BCUT2D eigenvalue weighted by Crippen LogP contribution is 2.20. The Balaban J connectivity index is 1.75. The molecule has 8 heteroatoms. The molecule has 0 saturated carbocycles. The Hall–Kier alpha value is -2.61. The van der Waals surface area contributed by atoms with E-state index in [1.807, 2.05) is 39.0 Å². The summed E-state index contributed by atoms with van der Waals surface area (Å²) in [5.74, 6) is 0.522. The van der Waals surface area contributed by atoms with Crippen molar-refractivity contribution in [2.75, 3.05) is 26.2 Å². The zero-order valence-electron chi connectivity index (χ0n) is 17.4. The predicted molar refractivity (Wildman–Crippen MR) is 117 cm³/mol. The maximum atomic E-state index is 13.1. The summed E-state index contributed by atoms with van der Waals surface area (Å²) >= 11 is 3.39. The minimum atomic E-state index is -0.580. The highest BCUT2D eigenvalue weighted by atomic mass is 79.9. The molecule has 2 amide bonds. The summed E-state index contributed by atoms with van der Waals surface area (Å²) in [5.41, 5.74) is 0.0127. The molecule has 1 aliphatic rings. The van der Waals surface area contributed by atoms with Gasteiger partial charge in [-0.25, -0.2) is 4.79 Å². The molecular weight excluding hydrogens is 450 g/mol. The number of rotatable bonds is 4. The number of benzene rings is 1. The van der Waals surface area contributed by atoms with E-state index >= 15 is 0 Å². The van der Waals surface area contributed by atoms with E-state index in [-0.39, 0.29) is 24.6 Å². The van der Waals surface area contributed by atoms with Crippen LogP contribution in [0.1, 0.15) is 31.1 Å². The topological polar surface area (TPSA) is 72.0 Å². The quantitative estimate of drug-likeness (QED) is 0.668. The van der Waals surface area contributed by atoms with E-state index in [1.165, 1.54) is 0 Å². The van der Waals surface area contributed by atoms with Gasteiger partial charge in [0.25, 0.3) is 5.91 Å². The van der Waals surface area contributed by atoms with Crippen molar-refractivity contribution in [3.8, 4) is 5.75 Å². The maximum Gasteiger partial charge on any atom is 0.410 e. The zero-order valence-corrected chi connectivity index (χ0v) is 19.0. The van der Waals surface area contributed by atoms with Crippen molar-refractivity contribution in [3.05, 3.63) is 58.8 Å². The summed E-state index contributed by atoms with van der Waals surface area (Å²) < 4.78 is 12.3. The van der Waals surface area contributed by atoms with Crippen molar-refractivity contribution in [1.29, 1.82) is 0 Å². The number of amides is 2. The van der Waals surface area contributed by atoms with Crippen molar-refractivity contribution in [2.24, 2.45) is 0 Å². The van der Waals surface area contributed by atoms with Crippen LogP contribution in [0.2, 0.25) is 0 Å². The van der Waals surface area contributed by atoms with Crippen LogP contribution in [0.25, 0.3) is 0 Å². The third kappa shape index (κ3) is 5.95. The first-order chi connectivity index (χ1) is 14.2. The molecule has 0 N–H and O–H groups in total. The molecule has 2 aromatic rings. The van der Waals surface area contributed by atoms with Gasteiger partial charge in [-0.15, -0.1) is 0 Å². The largest absolute Gasteiger partial charge is 0.490 e. The highest BCUT2D eigenvalue weighted by molar-refractivity contribution is 9.10. The number of pyridine rings is 1. The molecule has 30 heavy (non-hydrogen) atoms. The van der Waals surface area contributed by atoms with Gasteiger partial charge in [-0.1, -0.05) is 15.9 Å². The number of ether oxygens (including phenoxy) is 2. The average molecular weight is 476 g/mol. The lowest BCUT2D eigenvalue weighted by Crippen LogP contribution is -2.59. The van der Waals surface area contributed by atoms with E-state index in [1.54, 1.807) is 40.4 Å².